The average molecular weight is 220 g/mol. The summed E-state index contributed by atoms with van der Waals surface area (Å²) in [6.45, 7) is 0.716. The number of ether oxygens (including phenoxy) is 1. The third-order valence-electron chi connectivity index (χ3n) is 2.48. The maximum Gasteiger partial charge on any atom is 0.195 e. The molecule has 86 valence electrons. The van der Waals surface area contributed by atoms with Gasteiger partial charge in [-0.05, 0) is 31.5 Å². The molecule has 0 atom stereocenters. The first-order valence-electron chi connectivity index (χ1n) is 5.47. The summed E-state index contributed by atoms with van der Waals surface area (Å²) in [5.74, 6) is 1.56. The van der Waals surface area contributed by atoms with Gasteiger partial charge in [0.05, 0.1) is 7.11 Å². The number of fused-ring (bicyclic) bond motifs is 1. The molecule has 0 aliphatic rings. The van der Waals surface area contributed by atoms with E-state index in [0.29, 0.717) is 6.54 Å². The topological polar surface area (TPSA) is 61.3 Å². The van der Waals surface area contributed by atoms with E-state index in [9.17, 15) is 0 Å². The lowest BCUT2D eigenvalue weighted by molar-refractivity contribution is 0.414. The van der Waals surface area contributed by atoms with Crippen LogP contribution in [0.5, 0.6) is 5.75 Å². The summed E-state index contributed by atoms with van der Waals surface area (Å²) >= 11 is 0. The Morgan fingerprint density at radius 1 is 1.38 bits per heavy atom. The second-order valence-electron chi connectivity index (χ2n) is 3.69. The third kappa shape index (κ3) is 2.33. The van der Waals surface area contributed by atoms with Crippen LogP contribution in [0.4, 0.5) is 0 Å². The van der Waals surface area contributed by atoms with Crippen LogP contribution in [-0.2, 0) is 6.42 Å². The smallest absolute Gasteiger partial charge is 0.195 e. The predicted octanol–water partition coefficient (Wildman–Crippen LogP) is 2.12. The van der Waals surface area contributed by atoms with Gasteiger partial charge in [0.2, 0.25) is 0 Å². The van der Waals surface area contributed by atoms with Crippen molar-refractivity contribution in [3.63, 3.8) is 0 Å². The van der Waals surface area contributed by atoms with Crippen molar-refractivity contribution in [3.8, 4) is 5.75 Å². The Morgan fingerprint density at radius 3 is 3.00 bits per heavy atom. The maximum atomic E-state index is 5.63. The zero-order chi connectivity index (χ0) is 11.4. The summed E-state index contributed by atoms with van der Waals surface area (Å²) in [7, 11) is 1.64. The van der Waals surface area contributed by atoms with Crippen molar-refractivity contribution in [2.45, 2.75) is 19.3 Å². The molecule has 2 N–H and O–H groups in total. The number of oxazole rings is 1. The highest BCUT2D eigenvalue weighted by atomic mass is 16.5. The number of nitrogens with zero attached hydrogens (tertiary/aromatic N) is 1. The molecule has 0 saturated heterocycles. The minimum absolute atomic E-state index is 0.716. The maximum absolute atomic E-state index is 5.63. The van der Waals surface area contributed by atoms with Crippen LogP contribution in [0.3, 0.4) is 0 Å². The number of unbranched alkanes of at least 4 members (excludes halogenated alkanes) is 1. The first-order chi connectivity index (χ1) is 7.83. The first-order valence-corrected chi connectivity index (χ1v) is 5.47. The standard InChI is InChI=1S/C12H16N2O2/c1-15-9-5-6-10-11(8-9)16-12(14-10)4-2-3-7-13/h5-6,8H,2-4,7,13H2,1H3. The van der Waals surface area contributed by atoms with E-state index in [1.54, 1.807) is 7.11 Å². The van der Waals surface area contributed by atoms with Crippen LogP contribution < -0.4 is 10.5 Å². The molecule has 1 heterocycles. The van der Waals surface area contributed by atoms with E-state index < -0.39 is 0 Å². The molecular formula is C12H16N2O2. The summed E-state index contributed by atoms with van der Waals surface area (Å²) in [5, 5.41) is 0. The minimum Gasteiger partial charge on any atom is -0.497 e. The molecular weight excluding hydrogens is 204 g/mol. The van der Waals surface area contributed by atoms with Gasteiger partial charge in [-0.1, -0.05) is 0 Å². The summed E-state index contributed by atoms with van der Waals surface area (Å²) in [6, 6.07) is 5.65. The molecule has 0 aliphatic carbocycles. The highest BCUT2D eigenvalue weighted by Crippen LogP contribution is 2.21. The number of aromatic nitrogens is 1. The number of nitrogens with two attached hydrogens (primary N) is 1. The second-order valence-corrected chi connectivity index (χ2v) is 3.69. The Morgan fingerprint density at radius 2 is 2.25 bits per heavy atom. The lowest BCUT2D eigenvalue weighted by Gasteiger charge is -1.96. The normalized spacial score (nSPS) is 10.9. The lowest BCUT2D eigenvalue weighted by Crippen LogP contribution is -1.98. The van der Waals surface area contributed by atoms with Crippen LogP contribution in [0.25, 0.3) is 11.1 Å². The molecule has 1 aromatic carbocycles. The van der Waals surface area contributed by atoms with E-state index >= 15 is 0 Å². The Bertz CT molecular complexity index is 465. The van der Waals surface area contributed by atoms with E-state index in [1.165, 1.54) is 0 Å². The Hall–Kier alpha value is -1.55. The SMILES string of the molecule is COc1ccc2nc(CCCCN)oc2c1. The van der Waals surface area contributed by atoms with Crippen molar-refractivity contribution in [3.05, 3.63) is 24.1 Å². The number of hydrogen-bond donors (Lipinski definition) is 1. The van der Waals surface area contributed by atoms with Crippen molar-refractivity contribution in [1.82, 2.24) is 4.98 Å². The van der Waals surface area contributed by atoms with Crippen LogP contribution in [0.2, 0.25) is 0 Å². The van der Waals surface area contributed by atoms with Crippen LogP contribution >= 0.6 is 0 Å². The van der Waals surface area contributed by atoms with E-state index in [4.69, 9.17) is 14.9 Å². The highest BCUT2D eigenvalue weighted by Gasteiger charge is 2.06. The van der Waals surface area contributed by atoms with Crippen molar-refractivity contribution < 1.29 is 9.15 Å². The van der Waals surface area contributed by atoms with Crippen molar-refractivity contribution in [2.24, 2.45) is 5.73 Å². The van der Waals surface area contributed by atoms with Crippen LogP contribution in [-0.4, -0.2) is 18.6 Å². The van der Waals surface area contributed by atoms with Crippen molar-refractivity contribution in [1.29, 1.82) is 0 Å². The molecule has 0 amide bonds. The van der Waals surface area contributed by atoms with Crippen LogP contribution in [0.1, 0.15) is 18.7 Å². The van der Waals surface area contributed by atoms with Crippen molar-refractivity contribution in [2.75, 3.05) is 13.7 Å². The van der Waals surface area contributed by atoms with Gasteiger partial charge < -0.3 is 14.9 Å². The first kappa shape index (κ1) is 11.0. The molecule has 0 unspecified atom stereocenters. The number of aryl methyl sites for hydroxylation is 1. The molecule has 2 rings (SSSR count). The highest BCUT2D eigenvalue weighted by molar-refractivity contribution is 5.74. The molecule has 0 fully saturated rings. The molecule has 16 heavy (non-hydrogen) atoms. The van der Waals surface area contributed by atoms with E-state index in [-0.39, 0.29) is 0 Å². The molecule has 2 aromatic rings. The fourth-order valence-corrected chi connectivity index (χ4v) is 1.61. The summed E-state index contributed by atoms with van der Waals surface area (Å²) in [4.78, 5) is 4.40. The number of rotatable bonds is 5. The Kier molecular flexibility index (Phi) is 3.41. The second kappa shape index (κ2) is 4.99. The minimum atomic E-state index is 0.716. The van der Waals surface area contributed by atoms with Gasteiger partial charge in [0.25, 0.3) is 0 Å². The molecule has 0 bridgehead atoms. The van der Waals surface area contributed by atoms with E-state index in [0.717, 1.165) is 42.0 Å². The van der Waals surface area contributed by atoms with E-state index in [2.05, 4.69) is 4.98 Å². The van der Waals surface area contributed by atoms with Gasteiger partial charge >= 0.3 is 0 Å². The van der Waals surface area contributed by atoms with Gasteiger partial charge in [-0.2, -0.15) is 0 Å². The van der Waals surface area contributed by atoms with Crippen LogP contribution in [0.15, 0.2) is 22.6 Å². The Labute approximate surface area is 94.4 Å². The zero-order valence-electron chi connectivity index (χ0n) is 9.40. The average Bonchev–Trinajstić information content (AvgIpc) is 2.70. The largest absolute Gasteiger partial charge is 0.497 e. The summed E-state index contributed by atoms with van der Waals surface area (Å²) in [6.07, 6.45) is 2.86. The fourth-order valence-electron chi connectivity index (χ4n) is 1.61. The van der Waals surface area contributed by atoms with Crippen LogP contribution in [0, 0.1) is 0 Å². The molecule has 4 nitrogen and oxygen atoms in total. The number of methoxy groups -OCH3 is 1. The predicted molar refractivity (Wildman–Crippen MR) is 62.6 cm³/mol. The Balaban J connectivity index is 2.16. The summed E-state index contributed by atoms with van der Waals surface area (Å²) < 4.78 is 10.8. The van der Waals surface area contributed by atoms with Gasteiger partial charge in [0.15, 0.2) is 11.5 Å². The van der Waals surface area contributed by atoms with Crippen molar-refractivity contribution >= 4 is 11.1 Å². The van der Waals surface area contributed by atoms with Gasteiger partial charge in [-0.25, -0.2) is 4.98 Å². The zero-order valence-corrected chi connectivity index (χ0v) is 9.40. The van der Waals surface area contributed by atoms with Gasteiger partial charge in [0.1, 0.15) is 11.3 Å². The fraction of sp³-hybridized carbons (Fsp3) is 0.417. The molecule has 1 aromatic heterocycles. The van der Waals surface area contributed by atoms with Gasteiger partial charge in [-0.3, -0.25) is 0 Å². The molecule has 0 aliphatic heterocycles. The monoisotopic (exact) mass is 220 g/mol. The quantitative estimate of drug-likeness (QED) is 0.784. The number of hydrogen-bond acceptors (Lipinski definition) is 4. The van der Waals surface area contributed by atoms with E-state index in [1.807, 2.05) is 18.2 Å². The third-order valence-corrected chi connectivity index (χ3v) is 2.48. The molecule has 0 saturated carbocycles. The van der Waals surface area contributed by atoms with Gasteiger partial charge in [-0.15, -0.1) is 0 Å². The molecule has 0 radical (unpaired) electrons. The molecule has 4 heteroatoms. The summed E-state index contributed by atoms with van der Waals surface area (Å²) in [5.41, 5.74) is 7.10. The molecule has 0 spiro atoms. The lowest BCUT2D eigenvalue weighted by atomic mass is 10.2. The van der Waals surface area contributed by atoms with Gasteiger partial charge in [0, 0.05) is 12.5 Å². The number of benzene rings is 1.